The predicted molar refractivity (Wildman–Crippen MR) is 153 cm³/mol. The van der Waals surface area contributed by atoms with Gasteiger partial charge in [-0.3, -0.25) is 4.90 Å². The topological polar surface area (TPSA) is 95.4 Å². The second-order valence-electron chi connectivity index (χ2n) is 9.55. The lowest BCUT2D eigenvalue weighted by Gasteiger charge is -2.23. The van der Waals surface area contributed by atoms with E-state index < -0.39 is 5.82 Å². The van der Waals surface area contributed by atoms with Crippen LogP contribution in [0.1, 0.15) is 36.1 Å². The molecule has 1 aromatic heterocycles. The van der Waals surface area contributed by atoms with Crippen molar-refractivity contribution in [2.75, 3.05) is 45.7 Å². The molecule has 0 bridgehead atoms. The van der Waals surface area contributed by atoms with E-state index in [4.69, 9.17) is 31.5 Å². The minimum absolute atomic E-state index is 0.256. The van der Waals surface area contributed by atoms with E-state index in [0.717, 1.165) is 30.9 Å². The van der Waals surface area contributed by atoms with Gasteiger partial charge in [0.15, 0.2) is 0 Å². The zero-order chi connectivity index (χ0) is 27.4. The van der Waals surface area contributed by atoms with Crippen molar-refractivity contribution in [3.8, 4) is 11.5 Å². The number of anilines is 2. The molecule has 39 heavy (non-hydrogen) atoms. The molecule has 0 saturated carbocycles. The molecule has 0 unspecified atom stereocenters. The molecule has 0 amide bonds. The van der Waals surface area contributed by atoms with Crippen molar-refractivity contribution in [3.63, 3.8) is 0 Å². The smallest absolute Gasteiger partial charge is 0.227 e. The lowest BCUT2D eigenvalue weighted by Crippen LogP contribution is -2.25. The first-order chi connectivity index (χ1) is 19.0. The standard InChI is InChI=1S/C29H32ClFN6O2/c1-33-28(21-8-6-19(31)15-22(21)30)26-23(32)9-5-18-17-34-29(36-27(18)26)35-24-10-7-20(16-25(24)38-2)39-14-13-37-11-3-4-12-37/h6-8,10,15-17,32-33H,3-5,9,11-14H2,1-2H3,(H,34,35,36)/b28-26+,32-23?. The third-order valence-corrected chi connectivity index (χ3v) is 7.36. The van der Waals surface area contributed by atoms with Crippen molar-refractivity contribution in [2.45, 2.75) is 25.7 Å². The summed E-state index contributed by atoms with van der Waals surface area (Å²) in [6, 6.07) is 9.85. The normalized spacial score (nSPS) is 16.6. The number of ether oxygens (including phenoxy) is 2. The third kappa shape index (κ3) is 5.99. The average molecular weight is 551 g/mol. The Morgan fingerprint density at radius 3 is 2.72 bits per heavy atom. The van der Waals surface area contributed by atoms with Crippen LogP contribution < -0.4 is 20.1 Å². The Morgan fingerprint density at radius 1 is 1.15 bits per heavy atom. The number of aryl methyl sites for hydroxylation is 1. The number of aromatic nitrogens is 2. The Morgan fingerprint density at radius 2 is 1.97 bits per heavy atom. The zero-order valence-electron chi connectivity index (χ0n) is 22.1. The highest BCUT2D eigenvalue weighted by Crippen LogP contribution is 2.36. The number of likely N-dealkylation sites (tertiary alicyclic amines) is 1. The summed E-state index contributed by atoms with van der Waals surface area (Å²) in [6.07, 6.45) is 5.48. The van der Waals surface area contributed by atoms with Crippen molar-refractivity contribution in [1.82, 2.24) is 20.2 Å². The molecule has 10 heteroatoms. The summed E-state index contributed by atoms with van der Waals surface area (Å²) in [6.45, 7) is 3.81. The van der Waals surface area contributed by atoms with Crippen LogP contribution in [0.3, 0.4) is 0 Å². The molecule has 204 valence electrons. The van der Waals surface area contributed by atoms with E-state index in [1.807, 2.05) is 18.2 Å². The average Bonchev–Trinajstić information content (AvgIpc) is 3.45. The van der Waals surface area contributed by atoms with Crippen LogP contribution in [0.5, 0.6) is 11.5 Å². The summed E-state index contributed by atoms with van der Waals surface area (Å²) in [4.78, 5) is 11.7. The molecule has 5 rings (SSSR count). The summed E-state index contributed by atoms with van der Waals surface area (Å²) in [5.74, 6) is 1.28. The second kappa shape index (κ2) is 12.0. The molecular weight excluding hydrogens is 519 g/mol. The monoisotopic (exact) mass is 550 g/mol. The molecule has 3 N–H and O–H groups in total. The molecule has 0 radical (unpaired) electrons. The number of nitrogens with one attached hydrogen (secondary N) is 3. The van der Waals surface area contributed by atoms with Crippen LogP contribution in [0.2, 0.25) is 5.02 Å². The van der Waals surface area contributed by atoms with Crippen LogP contribution >= 0.6 is 11.6 Å². The fraction of sp³-hybridized carbons (Fsp3) is 0.345. The summed E-state index contributed by atoms with van der Waals surface area (Å²) in [5.41, 5.74) is 4.50. The largest absolute Gasteiger partial charge is 0.494 e. The van der Waals surface area contributed by atoms with Crippen LogP contribution in [-0.4, -0.2) is 61.0 Å². The van der Waals surface area contributed by atoms with Crippen LogP contribution in [-0.2, 0) is 6.42 Å². The van der Waals surface area contributed by atoms with Gasteiger partial charge in [-0.2, -0.15) is 0 Å². The second-order valence-corrected chi connectivity index (χ2v) is 9.96. The zero-order valence-corrected chi connectivity index (χ0v) is 22.9. The predicted octanol–water partition coefficient (Wildman–Crippen LogP) is 5.55. The Balaban J connectivity index is 1.41. The van der Waals surface area contributed by atoms with E-state index in [2.05, 4.69) is 20.5 Å². The summed E-state index contributed by atoms with van der Waals surface area (Å²) in [7, 11) is 3.36. The number of rotatable bonds is 9. The van der Waals surface area contributed by atoms with Gasteiger partial charge in [0.2, 0.25) is 5.95 Å². The Bertz CT molecular complexity index is 1410. The molecule has 2 aromatic carbocycles. The Kier molecular flexibility index (Phi) is 8.28. The first kappa shape index (κ1) is 26.9. The van der Waals surface area contributed by atoms with E-state index in [1.54, 1.807) is 26.4 Å². The Labute approximate surface area is 232 Å². The summed E-state index contributed by atoms with van der Waals surface area (Å²) in [5, 5.41) is 15.4. The van der Waals surface area contributed by atoms with Gasteiger partial charge in [0.05, 0.1) is 29.2 Å². The number of hydrogen-bond acceptors (Lipinski definition) is 8. The summed E-state index contributed by atoms with van der Waals surface area (Å²) < 4.78 is 25.3. The van der Waals surface area contributed by atoms with E-state index >= 15 is 0 Å². The lowest BCUT2D eigenvalue weighted by atomic mass is 9.87. The molecular formula is C29H32ClFN6O2. The number of hydrogen-bond donors (Lipinski definition) is 3. The molecule has 1 aliphatic carbocycles. The maximum absolute atomic E-state index is 13.7. The summed E-state index contributed by atoms with van der Waals surface area (Å²) >= 11 is 6.39. The first-order valence-electron chi connectivity index (χ1n) is 13.1. The first-order valence-corrected chi connectivity index (χ1v) is 13.5. The van der Waals surface area contributed by atoms with Gasteiger partial charge in [0.25, 0.3) is 0 Å². The molecule has 1 aliphatic heterocycles. The van der Waals surface area contributed by atoms with Crippen LogP contribution in [0, 0.1) is 11.2 Å². The fourth-order valence-electron chi connectivity index (χ4n) is 5.03. The van der Waals surface area contributed by atoms with Gasteiger partial charge < -0.3 is 25.5 Å². The molecule has 3 aromatic rings. The molecule has 1 saturated heterocycles. The molecule has 8 nitrogen and oxygen atoms in total. The third-order valence-electron chi connectivity index (χ3n) is 7.04. The number of methoxy groups -OCH3 is 1. The van der Waals surface area contributed by atoms with Crippen molar-refractivity contribution in [1.29, 1.82) is 5.41 Å². The number of benzene rings is 2. The highest BCUT2D eigenvalue weighted by atomic mass is 35.5. The minimum Gasteiger partial charge on any atom is -0.494 e. The van der Waals surface area contributed by atoms with Crippen molar-refractivity contribution in [2.24, 2.45) is 0 Å². The molecule has 2 aliphatic rings. The van der Waals surface area contributed by atoms with Gasteiger partial charge in [-0.05, 0) is 74.7 Å². The van der Waals surface area contributed by atoms with Crippen molar-refractivity contribution < 1.29 is 13.9 Å². The van der Waals surface area contributed by atoms with Crippen molar-refractivity contribution >= 4 is 40.2 Å². The van der Waals surface area contributed by atoms with Crippen LogP contribution in [0.25, 0.3) is 11.3 Å². The highest BCUT2D eigenvalue weighted by molar-refractivity contribution is 6.35. The number of fused-ring (bicyclic) bond motifs is 1. The molecule has 1 fully saturated rings. The van der Waals surface area contributed by atoms with Gasteiger partial charge >= 0.3 is 0 Å². The Hall–Kier alpha value is -3.69. The molecule has 0 spiro atoms. The SMILES string of the molecule is CN/C(=C1\C(=N)CCc2cnc(Nc3ccc(OCCN4CCCC4)cc3OC)nc21)c1ccc(F)cc1Cl. The minimum atomic E-state index is -0.422. The van der Waals surface area contributed by atoms with Gasteiger partial charge in [-0.25, -0.2) is 14.4 Å². The maximum atomic E-state index is 13.7. The molecule has 0 atom stereocenters. The van der Waals surface area contributed by atoms with Gasteiger partial charge in [-0.15, -0.1) is 0 Å². The lowest BCUT2D eigenvalue weighted by molar-refractivity contribution is 0.237. The number of nitrogens with zero attached hydrogens (tertiary/aromatic N) is 3. The van der Waals surface area contributed by atoms with Crippen molar-refractivity contribution in [3.05, 3.63) is 70.3 Å². The quantitative estimate of drug-likeness (QED) is 0.321. The molecule has 2 heterocycles. The highest BCUT2D eigenvalue weighted by Gasteiger charge is 2.26. The van der Waals surface area contributed by atoms with Crippen LogP contribution in [0.4, 0.5) is 16.0 Å². The van der Waals surface area contributed by atoms with E-state index in [9.17, 15) is 4.39 Å². The maximum Gasteiger partial charge on any atom is 0.227 e. The fourth-order valence-corrected chi connectivity index (χ4v) is 5.30. The van der Waals surface area contributed by atoms with Gasteiger partial charge in [0.1, 0.15) is 23.9 Å². The van der Waals surface area contributed by atoms with Crippen LogP contribution in [0.15, 0.2) is 42.6 Å². The van der Waals surface area contributed by atoms with E-state index in [-0.39, 0.29) is 5.02 Å². The van der Waals surface area contributed by atoms with E-state index in [0.29, 0.717) is 65.1 Å². The number of allylic oxidation sites excluding steroid dienone is 1. The van der Waals surface area contributed by atoms with E-state index in [1.165, 1.54) is 25.0 Å². The van der Waals surface area contributed by atoms with Gasteiger partial charge in [-0.1, -0.05) is 11.6 Å². The van der Waals surface area contributed by atoms with Gasteiger partial charge in [0, 0.05) is 42.7 Å². The number of halogens is 2.